The predicted octanol–water partition coefficient (Wildman–Crippen LogP) is 2.34. The Morgan fingerprint density at radius 2 is 2.30 bits per heavy atom. The average molecular weight is 222 g/mol. The summed E-state index contributed by atoms with van der Waals surface area (Å²) in [5.41, 5.74) is 0.808. The van der Waals surface area contributed by atoms with Crippen LogP contribution in [0.25, 0.3) is 0 Å². The standard InChI is InChI=1S/C6H5BrClNO/c7-3-4-1-2-5(10)6(8)9-4/h1-2,10H,3H2. The molecule has 1 rings (SSSR count). The predicted molar refractivity (Wildman–Crippen MR) is 43.5 cm³/mol. The van der Waals surface area contributed by atoms with Crippen LogP contribution >= 0.6 is 27.5 Å². The van der Waals surface area contributed by atoms with E-state index in [1.807, 2.05) is 0 Å². The minimum Gasteiger partial charge on any atom is -0.505 e. The van der Waals surface area contributed by atoms with Crippen LogP contribution < -0.4 is 0 Å². The van der Waals surface area contributed by atoms with E-state index in [4.69, 9.17) is 16.7 Å². The Morgan fingerprint density at radius 3 is 2.80 bits per heavy atom. The van der Waals surface area contributed by atoms with E-state index in [1.165, 1.54) is 6.07 Å². The maximum Gasteiger partial charge on any atom is 0.171 e. The smallest absolute Gasteiger partial charge is 0.171 e. The van der Waals surface area contributed by atoms with Gasteiger partial charge in [-0.3, -0.25) is 0 Å². The van der Waals surface area contributed by atoms with Crippen molar-refractivity contribution < 1.29 is 5.11 Å². The van der Waals surface area contributed by atoms with Crippen molar-refractivity contribution in [2.45, 2.75) is 5.33 Å². The first-order chi connectivity index (χ1) is 4.74. The van der Waals surface area contributed by atoms with E-state index in [2.05, 4.69) is 20.9 Å². The van der Waals surface area contributed by atoms with Gasteiger partial charge in [0.05, 0.1) is 5.69 Å². The number of alkyl halides is 1. The Hall–Kier alpha value is -0.280. The minimum atomic E-state index is 0.0198. The fourth-order valence-electron chi connectivity index (χ4n) is 0.539. The summed E-state index contributed by atoms with van der Waals surface area (Å²) in [4.78, 5) is 3.86. The topological polar surface area (TPSA) is 33.1 Å². The normalized spacial score (nSPS) is 9.80. The summed E-state index contributed by atoms with van der Waals surface area (Å²) < 4.78 is 0. The summed E-state index contributed by atoms with van der Waals surface area (Å²) in [6.07, 6.45) is 0. The molecule has 0 aliphatic heterocycles. The van der Waals surface area contributed by atoms with Gasteiger partial charge < -0.3 is 5.11 Å². The van der Waals surface area contributed by atoms with Gasteiger partial charge in [0, 0.05) is 5.33 Å². The zero-order valence-electron chi connectivity index (χ0n) is 5.01. The van der Waals surface area contributed by atoms with Crippen molar-refractivity contribution in [1.82, 2.24) is 4.98 Å². The molecule has 1 aromatic heterocycles. The van der Waals surface area contributed by atoms with Crippen LogP contribution in [-0.4, -0.2) is 10.1 Å². The molecule has 0 radical (unpaired) electrons. The third-order valence-corrected chi connectivity index (χ3v) is 1.88. The molecule has 0 amide bonds. The lowest BCUT2D eigenvalue weighted by molar-refractivity contribution is 0.472. The summed E-state index contributed by atoms with van der Waals surface area (Å²) in [5, 5.41) is 9.73. The van der Waals surface area contributed by atoms with E-state index in [0.29, 0.717) is 5.33 Å². The molecule has 0 atom stereocenters. The lowest BCUT2D eigenvalue weighted by Crippen LogP contribution is -1.83. The number of aromatic hydroxyl groups is 1. The molecule has 10 heavy (non-hydrogen) atoms. The van der Waals surface area contributed by atoms with Gasteiger partial charge in [0.1, 0.15) is 0 Å². The maximum atomic E-state index is 8.93. The van der Waals surface area contributed by atoms with Gasteiger partial charge in [0.25, 0.3) is 0 Å². The van der Waals surface area contributed by atoms with Crippen molar-refractivity contribution in [3.8, 4) is 5.75 Å². The molecule has 4 heteroatoms. The lowest BCUT2D eigenvalue weighted by Gasteiger charge is -1.96. The molecule has 0 bridgehead atoms. The molecule has 0 saturated heterocycles. The maximum absolute atomic E-state index is 8.93. The largest absolute Gasteiger partial charge is 0.505 e. The van der Waals surface area contributed by atoms with Crippen LogP contribution in [0.15, 0.2) is 12.1 Å². The Labute approximate surface area is 72.0 Å². The van der Waals surface area contributed by atoms with Crippen molar-refractivity contribution in [2.24, 2.45) is 0 Å². The lowest BCUT2D eigenvalue weighted by atomic mass is 10.4. The third-order valence-electron chi connectivity index (χ3n) is 1.02. The molecule has 0 fully saturated rings. The van der Waals surface area contributed by atoms with Gasteiger partial charge in [-0.25, -0.2) is 4.98 Å². The Balaban J connectivity index is 3.04. The highest BCUT2D eigenvalue weighted by molar-refractivity contribution is 9.08. The van der Waals surface area contributed by atoms with Crippen molar-refractivity contribution in [3.63, 3.8) is 0 Å². The summed E-state index contributed by atoms with van der Waals surface area (Å²) in [6.45, 7) is 0. The van der Waals surface area contributed by atoms with Gasteiger partial charge in [0.2, 0.25) is 0 Å². The van der Waals surface area contributed by atoms with E-state index in [-0.39, 0.29) is 10.9 Å². The summed E-state index contributed by atoms with van der Waals surface area (Å²) in [7, 11) is 0. The molecule has 2 nitrogen and oxygen atoms in total. The first-order valence-electron chi connectivity index (χ1n) is 2.64. The first kappa shape index (κ1) is 7.82. The highest BCUT2D eigenvalue weighted by Gasteiger charge is 1.98. The Morgan fingerprint density at radius 1 is 1.60 bits per heavy atom. The fourth-order valence-corrected chi connectivity index (χ4v) is 1.02. The Bertz CT molecular complexity index is 241. The van der Waals surface area contributed by atoms with Gasteiger partial charge in [-0.05, 0) is 12.1 Å². The van der Waals surface area contributed by atoms with Crippen molar-refractivity contribution in [2.75, 3.05) is 0 Å². The highest BCUT2D eigenvalue weighted by Crippen LogP contribution is 2.20. The summed E-state index contributed by atoms with van der Waals surface area (Å²) in [6, 6.07) is 3.22. The van der Waals surface area contributed by atoms with Crippen LogP contribution in [-0.2, 0) is 5.33 Å². The van der Waals surface area contributed by atoms with Crippen LogP contribution in [0.4, 0.5) is 0 Å². The minimum absolute atomic E-state index is 0.0198. The number of rotatable bonds is 1. The van der Waals surface area contributed by atoms with Gasteiger partial charge in [-0.15, -0.1) is 0 Å². The van der Waals surface area contributed by atoms with Crippen LogP contribution in [0.3, 0.4) is 0 Å². The molecule has 0 saturated carbocycles. The van der Waals surface area contributed by atoms with E-state index in [1.54, 1.807) is 6.07 Å². The van der Waals surface area contributed by atoms with Gasteiger partial charge in [0.15, 0.2) is 10.9 Å². The van der Waals surface area contributed by atoms with Crippen LogP contribution in [0.2, 0.25) is 5.15 Å². The van der Waals surface area contributed by atoms with E-state index < -0.39 is 0 Å². The number of nitrogens with zero attached hydrogens (tertiary/aromatic N) is 1. The van der Waals surface area contributed by atoms with Crippen molar-refractivity contribution in [1.29, 1.82) is 0 Å². The summed E-state index contributed by atoms with van der Waals surface area (Å²) in [5.74, 6) is 0.0198. The Kier molecular flexibility index (Phi) is 2.51. The molecule has 0 aliphatic rings. The second-order valence-electron chi connectivity index (χ2n) is 1.75. The number of halogens is 2. The van der Waals surface area contributed by atoms with Gasteiger partial charge >= 0.3 is 0 Å². The quantitative estimate of drug-likeness (QED) is 0.584. The number of pyridine rings is 1. The number of aromatic nitrogens is 1. The second kappa shape index (κ2) is 3.21. The molecule has 0 unspecified atom stereocenters. The van der Waals surface area contributed by atoms with Crippen molar-refractivity contribution >= 4 is 27.5 Å². The monoisotopic (exact) mass is 221 g/mol. The second-order valence-corrected chi connectivity index (χ2v) is 2.66. The molecule has 0 aromatic carbocycles. The van der Waals surface area contributed by atoms with E-state index >= 15 is 0 Å². The fraction of sp³-hybridized carbons (Fsp3) is 0.167. The molecular weight excluding hydrogens is 217 g/mol. The molecule has 0 spiro atoms. The SMILES string of the molecule is Oc1ccc(CBr)nc1Cl. The third kappa shape index (κ3) is 1.61. The van der Waals surface area contributed by atoms with Crippen molar-refractivity contribution in [3.05, 3.63) is 23.0 Å². The molecule has 1 aromatic rings. The first-order valence-corrected chi connectivity index (χ1v) is 4.14. The molecule has 0 aliphatic carbocycles. The molecular formula is C6H5BrClNO. The van der Waals surface area contributed by atoms with E-state index in [9.17, 15) is 0 Å². The van der Waals surface area contributed by atoms with Crippen LogP contribution in [0.1, 0.15) is 5.69 Å². The zero-order valence-corrected chi connectivity index (χ0v) is 7.35. The highest BCUT2D eigenvalue weighted by atomic mass is 79.9. The van der Waals surface area contributed by atoms with E-state index in [0.717, 1.165) is 5.69 Å². The molecule has 1 N–H and O–H groups in total. The molecule has 54 valence electrons. The zero-order chi connectivity index (χ0) is 7.56. The summed E-state index contributed by atoms with van der Waals surface area (Å²) >= 11 is 8.72. The average Bonchev–Trinajstić information content (AvgIpc) is 1.95. The van der Waals surface area contributed by atoms with Crippen LogP contribution in [0, 0.1) is 0 Å². The van der Waals surface area contributed by atoms with Crippen LogP contribution in [0.5, 0.6) is 5.75 Å². The number of hydrogen-bond donors (Lipinski definition) is 1. The molecule has 1 heterocycles. The number of hydrogen-bond acceptors (Lipinski definition) is 2. The van der Waals surface area contributed by atoms with Gasteiger partial charge in [-0.1, -0.05) is 27.5 Å². The van der Waals surface area contributed by atoms with Gasteiger partial charge in [-0.2, -0.15) is 0 Å².